The van der Waals surface area contributed by atoms with Crippen molar-refractivity contribution >= 4 is 11.7 Å². The molecular weight excluding hydrogens is 271 g/mol. The second kappa shape index (κ2) is 5.47. The Morgan fingerprint density at radius 1 is 1.38 bits per heavy atom. The Hall–Kier alpha value is -2.50. The second-order valence-corrected chi connectivity index (χ2v) is 5.09. The largest absolute Gasteiger partial charge is 0.364 e. The fraction of sp³-hybridized carbons (Fsp3) is 0.267. The smallest absolute Gasteiger partial charge is 0.268 e. The molecule has 108 valence electrons. The van der Waals surface area contributed by atoms with Gasteiger partial charge in [-0.25, -0.2) is 9.37 Å². The Kier molecular flexibility index (Phi) is 3.51. The van der Waals surface area contributed by atoms with Crippen molar-refractivity contribution in [1.29, 1.82) is 0 Å². The molecule has 1 aromatic heterocycles. The van der Waals surface area contributed by atoms with E-state index in [1.54, 1.807) is 6.07 Å². The first-order chi connectivity index (χ1) is 10.1. The molecule has 0 spiro atoms. The van der Waals surface area contributed by atoms with Crippen LogP contribution in [0.3, 0.4) is 0 Å². The molecule has 1 unspecified atom stereocenters. The van der Waals surface area contributed by atoms with Gasteiger partial charge in [0, 0.05) is 0 Å². The van der Waals surface area contributed by atoms with E-state index in [-0.39, 0.29) is 17.6 Å². The van der Waals surface area contributed by atoms with Crippen molar-refractivity contribution < 1.29 is 9.18 Å². The number of rotatable bonds is 3. The summed E-state index contributed by atoms with van der Waals surface area (Å²) in [4.78, 5) is 19.2. The minimum atomic E-state index is -0.624. The third kappa shape index (κ3) is 2.84. The molecule has 1 heterocycles. The number of carbonyl (C=O) groups excluding carboxylic acids is 1. The molecule has 1 atom stereocenters. The van der Waals surface area contributed by atoms with E-state index in [0.717, 1.165) is 30.4 Å². The summed E-state index contributed by atoms with van der Waals surface area (Å²) in [6.07, 6.45) is 5.68. The molecule has 1 aromatic carbocycles. The molecule has 0 aliphatic heterocycles. The summed E-state index contributed by atoms with van der Waals surface area (Å²) in [5.74, 6) is -0.408. The first kappa shape index (κ1) is 13.5. The molecule has 0 saturated carbocycles. The highest BCUT2D eigenvalue weighted by Gasteiger charge is 2.21. The fourth-order valence-corrected chi connectivity index (χ4v) is 2.65. The minimum Gasteiger partial charge on any atom is -0.364 e. The van der Waals surface area contributed by atoms with Crippen molar-refractivity contribution in [2.24, 2.45) is 5.73 Å². The molecule has 0 fully saturated rings. The number of aromatic nitrogens is 2. The fourth-order valence-electron chi connectivity index (χ4n) is 2.65. The maximum Gasteiger partial charge on any atom is 0.268 e. The summed E-state index contributed by atoms with van der Waals surface area (Å²) in [5, 5.41) is 3.21. The molecule has 2 aromatic rings. The zero-order chi connectivity index (χ0) is 14.8. The van der Waals surface area contributed by atoms with Crippen LogP contribution in [0.2, 0.25) is 0 Å². The highest BCUT2D eigenvalue weighted by Crippen LogP contribution is 2.32. The Morgan fingerprint density at radius 2 is 2.24 bits per heavy atom. The first-order valence-corrected chi connectivity index (χ1v) is 6.80. The van der Waals surface area contributed by atoms with Gasteiger partial charge in [0.25, 0.3) is 5.91 Å². The molecule has 1 amide bonds. The van der Waals surface area contributed by atoms with E-state index >= 15 is 0 Å². The number of nitrogens with one attached hydrogen (secondary N) is 1. The molecule has 0 saturated heterocycles. The quantitative estimate of drug-likeness (QED) is 0.906. The van der Waals surface area contributed by atoms with E-state index in [9.17, 15) is 9.18 Å². The van der Waals surface area contributed by atoms with Crippen molar-refractivity contribution in [3.05, 3.63) is 53.2 Å². The number of carbonyl (C=O) groups is 1. The number of nitrogens with two attached hydrogens (primary N) is 1. The SMILES string of the molecule is NC(=O)c1cncc(NC2CCCc3ccc(F)cc32)n1. The predicted molar refractivity (Wildman–Crippen MR) is 76.3 cm³/mol. The Bertz CT molecular complexity index is 689. The molecule has 5 nitrogen and oxygen atoms in total. The van der Waals surface area contributed by atoms with E-state index < -0.39 is 5.91 Å². The van der Waals surface area contributed by atoms with Gasteiger partial charge in [-0.2, -0.15) is 0 Å². The third-order valence-corrected chi connectivity index (χ3v) is 3.63. The molecule has 3 rings (SSSR count). The van der Waals surface area contributed by atoms with Crippen molar-refractivity contribution in [2.45, 2.75) is 25.3 Å². The Morgan fingerprint density at radius 3 is 3.05 bits per heavy atom. The van der Waals surface area contributed by atoms with Gasteiger partial charge in [-0.3, -0.25) is 9.78 Å². The highest BCUT2D eigenvalue weighted by atomic mass is 19.1. The molecule has 1 aliphatic carbocycles. The molecule has 21 heavy (non-hydrogen) atoms. The number of hydrogen-bond donors (Lipinski definition) is 2. The van der Waals surface area contributed by atoms with E-state index in [2.05, 4.69) is 15.3 Å². The number of halogens is 1. The number of primary amides is 1. The van der Waals surface area contributed by atoms with Crippen LogP contribution in [0, 0.1) is 5.82 Å². The first-order valence-electron chi connectivity index (χ1n) is 6.80. The highest BCUT2D eigenvalue weighted by molar-refractivity contribution is 5.90. The van der Waals surface area contributed by atoms with Gasteiger partial charge in [-0.05, 0) is 42.5 Å². The van der Waals surface area contributed by atoms with Crippen molar-refractivity contribution in [3.8, 4) is 0 Å². The maximum atomic E-state index is 13.5. The number of hydrogen-bond acceptors (Lipinski definition) is 4. The van der Waals surface area contributed by atoms with E-state index in [0.29, 0.717) is 5.82 Å². The van der Waals surface area contributed by atoms with E-state index in [1.165, 1.54) is 18.5 Å². The Balaban J connectivity index is 1.88. The average Bonchev–Trinajstić information content (AvgIpc) is 2.48. The van der Waals surface area contributed by atoms with Gasteiger partial charge >= 0.3 is 0 Å². The summed E-state index contributed by atoms with van der Waals surface area (Å²) in [6, 6.07) is 4.82. The van der Waals surface area contributed by atoms with Gasteiger partial charge < -0.3 is 11.1 Å². The van der Waals surface area contributed by atoms with Crippen LogP contribution in [0.25, 0.3) is 0 Å². The lowest BCUT2D eigenvalue weighted by atomic mass is 9.87. The lowest BCUT2D eigenvalue weighted by molar-refractivity contribution is 0.0995. The molecular formula is C15H15FN4O. The van der Waals surface area contributed by atoms with Gasteiger partial charge in [-0.1, -0.05) is 6.07 Å². The van der Waals surface area contributed by atoms with Crippen LogP contribution in [0.15, 0.2) is 30.6 Å². The topological polar surface area (TPSA) is 80.9 Å². The summed E-state index contributed by atoms with van der Waals surface area (Å²) >= 11 is 0. The zero-order valence-corrected chi connectivity index (χ0v) is 11.3. The van der Waals surface area contributed by atoms with Crippen molar-refractivity contribution in [2.75, 3.05) is 5.32 Å². The van der Waals surface area contributed by atoms with Crippen LogP contribution in [-0.2, 0) is 6.42 Å². The summed E-state index contributed by atoms with van der Waals surface area (Å²) in [6.45, 7) is 0. The lowest BCUT2D eigenvalue weighted by Gasteiger charge is -2.26. The predicted octanol–water partition coefficient (Wildman–Crippen LogP) is 2.20. The van der Waals surface area contributed by atoms with Gasteiger partial charge in [0.15, 0.2) is 0 Å². The molecule has 1 aliphatic rings. The van der Waals surface area contributed by atoms with Crippen molar-refractivity contribution in [1.82, 2.24) is 9.97 Å². The number of benzene rings is 1. The van der Waals surface area contributed by atoms with Gasteiger partial charge in [0.1, 0.15) is 17.3 Å². The van der Waals surface area contributed by atoms with E-state index in [4.69, 9.17) is 5.73 Å². The monoisotopic (exact) mass is 286 g/mol. The maximum absolute atomic E-state index is 13.5. The number of nitrogens with zero attached hydrogens (tertiary/aromatic N) is 2. The van der Waals surface area contributed by atoms with Crippen LogP contribution in [0.1, 0.15) is 40.5 Å². The standard InChI is InChI=1S/C15H15FN4O/c16-10-5-4-9-2-1-3-12(11(9)6-10)19-14-8-18-7-13(20-14)15(17)21/h4-8,12H,1-3H2,(H2,17,21)(H,19,20). The summed E-state index contributed by atoms with van der Waals surface area (Å²) in [5.41, 5.74) is 7.38. The minimum absolute atomic E-state index is 0.0399. The normalized spacial score (nSPS) is 17.1. The molecule has 0 radical (unpaired) electrons. The van der Waals surface area contributed by atoms with Gasteiger partial charge in [0.2, 0.25) is 0 Å². The molecule has 6 heteroatoms. The summed E-state index contributed by atoms with van der Waals surface area (Å²) in [7, 11) is 0. The lowest BCUT2D eigenvalue weighted by Crippen LogP contribution is -2.20. The Labute approximate surface area is 121 Å². The van der Waals surface area contributed by atoms with E-state index in [1.807, 2.05) is 6.07 Å². The van der Waals surface area contributed by atoms with Gasteiger partial charge in [-0.15, -0.1) is 0 Å². The van der Waals surface area contributed by atoms with Crippen LogP contribution < -0.4 is 11.1 Å². The van der Waals surface area contributed by atoms with Crippen LogP contribution in [0.5, 0.6) is 0 Å². The second-order valence-electron chi connectivity index (χ2n) is 5.09. The number of amides is 1. The molecule has 3 N–H and O–H groups in total. The number of anilines is 1. The summed E-state index contributed by atoms with van der Waals surface area (Å²) < 4.78 is 13.5. The van der Waals surface area contributed by atoms with Crippen LogP contribution in [0.4, 0.5) is 10.2 Å². The van der Waals surface area contributed by atoms with Crippen LogP contribution >= 0.6 is 0 Å². The average molecular weight is 286 g/mol. The number of fused-ring (bicyclic) bond motifs is 1. The molecule has 0 bridgehead atoms. The van der Waals surface area contributed by atoms with Gasteiger partial charge in [0.05, 0.1) is 18.4 Å². The zero-order valence-electron chi connectivity index (χ0n) is 11.3. The third-order valence-electron chi connectivity index (χ3n) is 3.63. The number of aryl methyl sites for hydroxylation is 1. The van der Waals surface area contributed by atoms with Crippen LogP contribution in [-0.4, -0.2) is 15.9 Å². The van der Waals surface area contributed by atoms with Crippen molar-refractivity contribution in [3.63, 3.8) is 0 Å².